The van der Waals surface area contributed by atoms with E-state index in [4.69, 9.17) is 5.73 Å². The van der Waals surface area contributed by atoms with E-state index in [1.54, 1.807) is 4.68 Å². The molecule has 0 aromatic carbocycles. The highest BCUT2D eigenvalue weighted by Gasteiger charge is 2.22. The molecular weight excluding hydrogens is 188 g/mol. The maximum Gasteiger partial charge on any atom is 0.173 e. The number of nitrogen functional groups attached to an aromatic ring is 1. The summed E-state index contributed by atoms with van der Waals surface area (Å²) in [5, 5.41) is 4.41. The lowest BCUT2D eigenvalue weighted by Gasteiger charge is -2.32. The Balaban J connectivity index is 2.07. The molecule has 2 rings (SSSR count). The van der Waals surface area contributed by atoms with Crippen LogP contribution in [0.2, 0.25) is 0 Å². The molecule has 0 saturated heterocycles. The van der Waals surface area contributed by atoms with Gasteiger partial charge in [-0.25, -0.2) is 0 Å². The molecule has 1 aromatic heterocycles. The van der Waals surface area contributed by atoms with E-state index in [2.05, 4.69) is 16.9 Å². The summed E-state index contributed by atoms with van der Waals surface area (Å²) in [6.45, 7) is 4.25. The Bertz CT molecular complexity index is 327. The first-order chi connectivity index (χ1) is 7.20. The molecule has 15 heavy (non-hydrogen) atoms. The van der Waals surface area contributed by atoms with Gasteiger partial charge < -0.3 is 10.6 Å². The second-order valence-corrected chi connectivity index (χ2v) is 4.42. The molecule has 1 fully saturated rings. The quantitative estimate of drug-likeness (QED) is 0.818. The second kappa shape index (κ2) is 4.13. The van der Waals surface area contributed by atoms with E-state index in [0.717, 1.165) is 30.5 Å². The number of nitrogens with zero attached hydrogens (tertiary/aromatic N) is 3. The smallest absolute Gasteiger partial charge is 0.173 e. The molecule has 0 unspecified atom stereocenters. The summed E-state index contributed by atoms with van der Waals surface area (Å²) in [7, 11) is 1.91. The number of aromatic nitrogens is 2. The zero-order valence-electron chi connectivity index (χ0n) is 9.61. The molecule has 1 heterocycles. The van der Waals surface area contributed by atoms with Gasteiger partial charge in [-0.2, -0.15) is 5.10 Å². The molecule has 0 amide bonds. The minimum absolute atomic E-state index is 0.790. The monoisotopic (exact) mass is 208 g/mol. The Morgan fingerprint density at radius 1 is 1.60 bits per heavy atom. The van der Waals surface area contributed by atoms with Gasteiger partial charge in [0.15, 0.2) is 5.82 Å². The van der Waals surface area contributed by atoms with E-state index in [-0.39, 0.29) is 0 Å². The molecule has 1 saturated carbocycles. The molecule has 4 heteroatoms. The predicted molar refractivity (Wildman–Crippen MR) is 62.8 cm³/mol. The topological polar surface area (TPSA) is 47.1 Å². The number of nitrogens with two attached hydrogens (primary N) is 1. The van der Waals surface area contributed by atoms with Gasteiger partial charge in [0.1, 0.15) is 0 Å². The fourth-order valence-electron chi connectivity index (χ4n) is 2.09. The SMILES string of the molecule is CCN(CC1CCC1)c1nn(C)cc1N. The van der Waals surface area contributed by atoms with Crippen molar-refractivity contribution in [1.29, 1.82) is 0 Å². The van der Waals surface area contributed by atoms with Crippen LogP contribution < -0.4 is 10.6 Å². The molecule has 1 aromatic rings. The van der Waals surface area contributed by atoms with Crippen LogP contribution in [0.1, 0.15) is 26.2 Å². The molecule has 2 N–H and O–H groups in total. The van der Waals surface area contributed by atoms with Crippen LogP contribution >= 0.6 is 0 Å². The van der Waals surface area contributed by atoms with Crippen molar-refractivity contribution in [3.05, 3.63) is 6.20 Å². The fraction of sp³-hybridized carbons (Fsp3) is 0.727. The van der Waals surface area contributed by atoms with Gasteiger partial charge in [0.2, 0.25) is 0 Å². The van der Waals surface area contributed by atoms with Gasteiger partial charge in [-0.15, -0.1) is 0 Å². The summed E-state index contributed by atoms with van der Waals surface area (Å²) in [5.41, 5.74) is 6.72. The van der Waals surface area contributed by atoms with Gasteiger partial charge in [0.25, 0.3) is 0 Å². The molecule has 0 bridgehead atoms. The zero-order valence-corrected chi connectivity index (χ0v) is 9.61. The Morgan fingerprint density at radius 2 is 2.33 bits per heavy atom. The summed E-state index contributed by atoms with van der Waals surface area (Å²) < 4.78 is 1.79. The van der Waals surface area contributed by atoms with Crippen molar-refractivity contribution in [1.82, 2.24) is 9.78 Å². The van der Waals surface area contributed by atoms with Crippen molar-refractivity contribution in [3.8, 4) is 0 Å². The molecule has 1 aliphatic carbocycles. The summed E-state index contributed by atoms with van der Waals surface area (Å²) in [5.74, 6) is 1.80. The number of hydrogen-bond donors (Lipinski definition) is 1. The minimum atomic E-state index is 0.790. The van der Waals surface area contributed by atoms with E-state index in [1.165, 1.54) is 19.3 Å². The normalized spacial score (nSPS) is 16.4. The minimum Gasteiger partial charge on any atom is -0.394 e. The standard InChI is InChI=1S/C11H20N4/c1-3-15(7-9-5-4-6-9)11-10(12)8-14(2)13-11/h8-9H,3-7,12H2,1-2H3. The van der Waals surface area contributed by atoms with Crippen molar-refractivity contribution in [2.24, 2.45) is 13.0 Å². The Morgan fingerprint density at radius 3 is 2.73 bits per heavy atom. The van der Waals surface area contributed by atoms with Crippen molar-refractivity contribution in [2.45, 2.75) is 26.2 Å². The van der Waals surface area contributed by atoms with E-state index < -0.39 is 0 Å². The van der Waals surface area contributed by atoms with Gasteiger partial charge in [-0.1, -0.05) is 6.42 Å². The largest absolute Gasteiger partial charge is 0.394 e. The Kier molecular flexibility index (Phi) is 2.84. The second-order valence-electron chi connectivity index (χ2n) is 4.42. The molecule has 4 nitrogen and oxygen atoms in total. The highest BCUT2D eigenvalue weighted by Crippen LogP contribution is 2.29. The van der Waals surface area contributed by atoms with Gasteiger partial charge in [0, 0.05) is 26.3 Å². The summed E-state index contributed by atoms with van der Waals surface area (Å²) >= 11 is 0. The highest BCUT2D eigenvalue weighted by molar-refractivity contribution is 5.61. The number of hydrogen-bond acceptors (Lipinski definition) is 3. The van der Waals surface area contributed by atoms with Crippen molar-refractivity contribution >= 4 is 11.5 Å². The van der Waals surface area contributed by atoms with Crippen LogP contribution in [0.3, 0.4) is 0 Å². The first kappa shape index (κ1) is 10.3. The first-order valence-electron chi connectivity index (χ1n) is 5.74. The van der Waals surface area contributed by atoms with Crippen molar-refractivity contribution in [3.63, 3.8) is 0 Å². The van der Waals surface area contributed by atoms with E-state index in [1.807, 2.05) is 13.2 Å². The molecular formula is C11H20N4. The van der Waals surface area contributed by atoms with E-state index >= 15 is 0 Å². The molecule has 84 valence electrons. The van der Waals surface area contributed by atoms with E-state index in [0.29, 0.717) is 0 Å². The van der Waals surface area contributed by atoms with Crippen LogP contribution in [0, 0.1) is 5.92 Å². The Labute approximate surface area is 91.1 Å². The third-order valence-electron chi connectivity index (χ3n) is 3.22. The third-order valence-corrected chi connectivity index (χ3v) is 3.22. The first-order valence-corrected chi connectivity index (χ1v) is 5.74. The van der Waals surface area contributed by atoms with E-state index in [9.17, 15) is 0 Å². The number of rotatable bonds is 4. The Hall–Kier alpha value is -1.19. The van der Waals surface area contributed by atoms with Gasteiger partial charge in [-0.05, 0) is 25.7 Å². The fourth-order valence-corrected chi connectivity index (χ4v) is 2.09. The molecule has 0 radical (unpaired) electrons. The molecule has 0 spiro atoms. The van der Waals surface area contributed by atoms with Crippen LogP contribution in [0.4, 0.5) is 11.5 Å². The van der Waals surface area contributed by atoms with Gasteiger partial charge in [-0.3, -0.25) is 4.68 Å². The maximum atomic E-state index is 5.93. The van der Waals surface area contributed by atoms with Crippen LogP contribution in [0.25, 0.3) is 0 Å². The van der Waals surface area contributed by atoms with Gasteiger partial charge >= 0.3 is 0 Å². The predicted octanol–water partition coefficient (Wildman–Crippen LogP) is 1.63. The van der Waals surface area contributed by atoms with Crippen LogP contribution in [-0.2, 0) is 7.05 Å². The molecule has 0 aliphatic heterocycles. The summed E-state index contributed by atoms with van der Waals surface area (Å²) in [6, 6.07) is 0. The number of anilines is 2. The zero-order chi connectivity index (χ0) is 10.8. The lowest BCUT2D eigenvalue weighted by molar-refractivity contribution is 0.318. The third kappa shape index (κ3) is 2.08. The van der Waals surface area contributed by atoms with Crippen molar-refractivity contribution < 1.29 is 0 Å². The molecule has 0 atom stereocenters. The molecule has 1 aliphatic rings. The number of aryl methyl sites for hydroxylation is 1. The average Bonchev–Trinajstić information content (AvgIpc) is 2.44. The van der Waals surface area contributed by atoms with Crippen LogP contribution in [-0.4, -0.2) is 22.9 Å². The van der Waals surface area contributed by atoms with Crippen LogP contribution in [0.15, 0.2) is 6.20 Å². The van der Waals surface area contributed by atoms with Gasteiger partial charge in [0.05, 0.1) is 5.69 Å². The summed E-state index contributed by atoms with van der Waals surface area (Å²) in [4.78, 5) is 2.29. The lowest BCUT2D eigenvalue weighted by atomic mass is 9.85. The lowest BCUT2D eigenvalue weighted by Crippen LogP contribution is -2.33. The van der Waals surface area contributed by atoms with Crippen LogP contribution in [0.5, 0.6) is 0 Å². The maximum absolute atomic E-state index is 5.93. The highest BCUT2D eigenvalue weighted by atomic mass is 15.3. The van der Waals surface area contributed by atoms with Crippen molar-refractivity contribution in [2.75, 3.05) is 23.7 Å². The average molecular weight is 208 g/mol. The summed E-state index contributed by atoms with van der Waals surface area (Å²) in [6.07, 6.45) is 5.99.